The highest BCUT2D eigenvalue weighted by Gasteiger charge is 2.25. The van der Waals surface area contributed by atoms with Crippen molar-refractivity contribution in [1.82, 2.24) is 5.32 Å². The van der Waals surface area contributed by atoms with Gasteiger partial charge in [-0.15, -0.1) is 0 Å². The molecule has 1 amide bonds. The molecule has 1 heterocycles. The summed E-state index contributed by atoms with van der Waals surface area (Å²) in [5, 5.41) is 3.24. The summed E-state index contributed by atoms with van der Waals surface area (Å²) in [6, 6.07) is 8.12. The summed E-state index contributed by atoms with van der Waals surface area (Å²) in [6.07, 6.45) is 2.44. The Morgan fingerprint density at radius 3 is 2.64 bits per heavy atom. The smallest absolute Gasteiger partial charge is 0.223 e. The van der Waals surface area contributed by atoms with E-state index < -0.39 is 0 Å². The second kappa shape index (κ2) is 8.18. The van der Waals surface area contributed by atoms with Gasteiger partial charge in [-0.1, -0.05) is 32.0 Å². The quantitative estimate of drug-likeness (QED) is 0.879. The van der Waals surface area contributed by atoms with Crippen LogP contribution in [0.5, 0.6) is 5.75 Å². The molecular weight excluding hydrogens is 278 g/mol. The molecule has 0 radical (unpaired) electrons. The minimum Gasteiger partial charge on any atom is -0.496 e. The number of benzene rings is 1. The zero-order valence-electron chi connectivity index (χ0n) is 13.8. The average Bonchev–Trinajstić information content (AvgIpc) is 2.55. The van der Waals surface area contributed by atoms with Crippen LogP contribution in [0.3, 0.4) is 0 Å². The third-order valence-corrected chi connectivity index (χ3v) is 4.36. The normalized spacial score (nSPS) is 17.3. The van der Waals surface area contributed by atoms with Crippen molar-refractivity contribution in [2.75, 3.05) is 20.3 Å². The molecule has 0 saturated carbocycles. The van der Waals surface area contributed by atoms with E-state index in [-0.39, 0.29) is 17.9 Å². The summed E-state index contributed by atoms with van der Waals surface area (Å²) >= 11 is 0. The largest absolute Gasteiger partial charge is 0.496 e. The highest BCUT2D eigenvalue weighted by atomic mass is 16.5. The molecule has 1 atom stereocenters. The number of para-hydroxylation sites is 1. The van der Waals surface area contributed by atoms with E-state index in [0.717, 1.165) is 30.6 Å². The molecule has 0 spiro atoms. The lowest BCUT2D eigenvalue weighted by Gasteiger charge is -2.27. The summed E-state index contributed by atoms with van der Waals surface area (Å²) in [7, 11) is 1.68. The zero-order valence-corrected chi connectivity index (χ0v) is 13.8. The van der Waals surface area contributed by atoms with Gasteiger partial charge in [-0.3, -0.25) is 4.79 Å². The molecule has 1 unspecified atom stereocenters. The number of rotatable bonds is 6. The molecule has 4 heteroatoms. The summed E-state index contributed by atoms with van der Waals surface area (Å²) in [5.74, 6) is 1.51. The molecule has 1 saturated heterocycles. The maximum absolute atomic E-state index is 12.5. The number of methoxy groups -OCH3 is 1. The Kier molecular flexibility index (Phi) is 6.25. The summed E-state index contributed by atoms with van der Waals surface area (Å²) < 4.78 is 10.7. The Balaban J connectivity index is 2.01. The number of nitrogens with one attached hydrogen (secondary N) is 1. The van der Waals surface area contributed by atoms with Gasteiger partial charge in [0.25, 0.3) is 0 Å². The number of carbonyl (C=O) groups excluding carboxylic acids is 1. The molecule has 1 aromatic carbocycles. The van der Waals surface area contributed by atoms with Crippen molar-refractivity contribution in [1.29, 1.82) is 0 Å². The van der Waals surface area contributed by atoms with Crippen molar-refractivity contribution in [2.24, 2.45) is 11.8 Å². The lowest BCUT2D eigenvalue weighted by atomic mass is 9.93. The molecule has 4 nitrogen and oxygen atoms in total. The van der Waals surface area contributed by atoms with E-state index in [1.807, 2.05) is 18.2 Å². The van der Waals surface area contributed by atoms with Gasteiger partial charge >= 0.3 is 0 Å². The SMILES string of the molecule is COc1ccccc1CC(NC(=O)C1CCOCC1)C(C)C. The summed E-state index contributed by atoms with van der Waals surface area (Å²) in [4.78, 5) is 12.5. The van der Waals surface area contributed by atoms with Gasteiger partial charge in [-0.05, 0) is 36.8 Å². The Labute approximate surface area is 133 Å². The van der Waals surface area contributed by atoms with E-state index >= 15 is 0 Å². The van der Waals surface area contributed by atoms with Crippen LogP contribution in [0, 0.1) is 11.8 Å². The van der Waals surface area contributed by atoms with Crippen LogP contribution in [-0.4, -0.2) is 32.3 Å². The van der Waals surface area contributed by atoms with Gasteiger partial charge in [0.1, 0.15) is 5.75 Å². The van der Waals surface area contributed by atoms with Crippen molar-refractivity contribution in [3.8, 4) is 5.75 Å². The van der Waals surface area contributed by atoms with Crippen molar-refractivity contribution >= 4 is 5.91 Å². The van der Waals surface area contributed by atoms with Gasteiger partial charge in [0.05, 0.1) is 7.11 Å². The van der Waals surface area contributed by atoms with Crippen molar-refractivity contribution in [3.63, 3.8) is 0 Å². The number of ether oxygens (including phenoxy) is 2. The third kappa shape index (κ3) is 4.47. The average molecular weight is 305 g/mol. The van der Waals surface area contributed by atoms with Crippen molar-refractivity contribution in [2.45, 2.75) is 39.2 Å². The predicted molar refractivity (Wildman–Crippen MR) is 87.0 cm³/mol. The van der Waals surface area contributed by atoms with Gasteiger partial charge in [-0.2, -0.15) is 0 Å². The molecule has 1 fully saturated rings. The fourth-order valence-electron chi connectivity index (χ4n) is 2.82. The highest BCUT2D eigenvalue weighted by Crippen LogP contribution is 2.22. The number of carbonyl (C=O) groups is 1. The molecule has 22 heavy (non-hydrogen) atoms. The van der Waals surface area contributed by atoms with Crippen LogP contribution in [0.1, 0.15) is 32.3 Å². The van der Waals surface area contributed by atoms with Crippen LogP contribution in [-0.2, 0) is 16.0 Å². The number of hydrogen-bond acceptors (Lipinski definition) is 3. The van der Waals surface area contributed by atoms with E-state index in [1.54, 1.807) is 7.11 Å². The van der Waals surface area contributed by atoms with Gasteiger partial charge < -0.3 is 14.8 Å². The lowest BCUT2D eigenvalue weighted by Crippen LogP contribution is -2.44. The zero-order chi connectivity index (χ0) is 15.9. The summed E-state index contributed by atoms with van der Waals surface area (Å²) in [5.41, 5.74) is 1.14. The second-order valence-electron chi connectivity index (χ2n) is 6.26. The lowest BCUT2D eigenvalue weighted by molar-refractivity contribution is -0.128. The van der Waals surface area contributed by atoms with E-state index in [4.69, 9.17) is 9.47 Å². The standard InChI is InChI=1S/C18H27NO3/c1-13(2)16(12-15-6-4-5-7-17(15)21-3)19-18(20)14-8-10-22-11-9-14/h4-7,13-14,16H,8-12H2,1-3H3,(H,19,20). The maximum Gasteiger partial charge on any atom is 0.223 e. The Bertz CT molecular complexity index is 481. The van der Waals surface area contributed by atoms with E-state index in [1.165, 1.54) is 0 Å². The van der Waals surface area contributed by atoms with Crippen LogP contribution in [0.2, 0.25) is 0 Å². The van der Waals surface area contributed by atoms with E-state index in [0.29, 0.717) is 19.1 Å². The minimum absolute atomic E-state index is 0.0904. The third-order valence-electron chi connectivity index (χ3n) is 4.36. The van der Waals surface area contributed by atoms with E-state index in [9.17, 15) is 4.79 Å². The molecule has 0 aliphatic carbocycles. The molecule has 0 aromatic heterocycles. The minimum atomic E-state index is 0.0904. The van der Waals surface area contributed by atoms with Crippen molar-refractivity contribution < 1.29 is 14.3 Å². The first kappa shape index (κ1) is 16.8. The molecule has 1 aliphatic heterocycles. The van der Waals surface area contributed by atoms with Crippen LogP contribution >= 0.6 is 0 Å². The second-order valence-corrected chi connectivity index (χ2v) is 6.26. The van der Waals surface area contributed by atoms with E-state index in [2.05, 4.69) is 25.2 Å². The van der Waals surface area contributed by atoms with Crippen LogP contribution < -0.4 is 10.1 Å². The molecule has 1 aromatic rings. The molecule has 1 aliphatic rings. The Hall–Kier alpha value is -1.55. The Morgan fingerprint density at radius 2 is 2.00 bits per heavy atom. The highest BCUT2D eigenvalue weighted by molar-refractivity contribution is 5.79. The monoisotopic (exact) mass is 305 g/mol. The van der Waals surface area contributed by atoms with Gasteiger partial charge in [-0.25, -0.2) is 0 Å². The fraction of sp³-hybridized carbons (Fsp3) is 0.611. The maximum atomic E-state index is 12.5. The fourth-order valence-corrected chi connectivity index (χ4v) is 2.82. The van der Waals surface area contributed by atoms with Crippen LogP contribution in [0.4, 0.5) is 0 Å². The molecule has 122 valence electrons. The first-order valence-corrected chi connectivity index (χ1v) is 8.11. The predicted octanol–water partition coefficient (Wildman–Crippen LogP) is 2.81. The first-order valence-electron chi connectivity index (χ1n) is 8.11. The number of hydrogen-bond donors (Lipinski definition) is 1. The number of amides is 1. The molecular formula is C18H27NO3. The first-order chi connectivity index (χ1) is 10.6. The molecule has 2 rings (SSSR count). The van der Waals surface area contributed by atoms with Crippen molar-refractivity contribution in [3.05, 3.63) is 29.8 Å². The molecule has 0 bridgehead atoms. The van der Waals surface area contributed by atoms with Gasteiger partial charge in [0, 0.05) is 25.2 Å². The van der Waals surface area contributed by atoms with Crippen LogP contribution in [0.25, 0.3) is 0 Å². The summed E-state index contributed by atoms with van der Waals surface area (Å²) in [6.45, 7) is 5.67. The van der Waals surface area contributed by atoms with Gasteiger partial charge in [0.15, 0.2) is 0 Å². The van der Waals surface area contributed by atoms with Crippen LogP contribution in [0.15, 0.2) is 24.3 Å². The Morgan fingerprint density at radius 1 is 1.32 bits per heavy atom. The van der Waals surface area contributed by atoms with Gasteiger partial charge in [0.2, 0.25) is 5.91 Å². The topological polar surface area (TPSA) is 47.6 Å². The molecule has 1 N–H and O–H groups in total.